The van der Waals surface area contributed by atoms with Gasteiger partial charge in [-0.15, -0.1) is 11.8 Å². The minimum Gasteiger partial charge on any atom is -0.337 e. The molecule has 3 heterocycles. The Morgan fingerprint density at radius 2 is 2.08 bits per heavy atom. The molecular formula is C17H16N4O2S. The molecule has 7 heteroatoms. The number of amides is 1. The summed E-state index contributed by atoms with van der Waals surface area (Å²) < 4.78 is 1.42. The first-order chi connectivity index (χ1) is 11.7. The van der Waals surface area contributed by atoms with Crippen LogP contribution < -0.4 is 5.56 Å². The number of nitrogens with zero attached hydrogens (tertiary/aromatic N) is 3. The lowest BCUT2D eigenvalue weighted by Gasteiger charge is -2.27. The number of thioether (sulfide) groups is 1. The van der Waals surface area contributed by atoms with Gasteiger partial charge in [-0.3, -0.25) is 14.7 Å². The van der Waals surface area contributed by atoms with Crippen molar-refractivity contribution in [2.24, 2.45) is 0 Å². The topological polar surface area (TPSA) is 70.5 Å². The zero-order chi connectivity index (χ0) is 16.5. The summed E-state index contributed by atoms with van der Waals surface area (Å²) in [6.45, 7) is 0.936. The van der Waals surface area contributed by atoms with Crippen LogP contribution in [-0.4, -0.2) is 37.7 Å². The molecule has 0 bridgehead atoms. The van der Waals surface area contributed by atoms with E-state index in [1.165, 1.54) is 16.3 Å². The Balaban J connectivity index is 1.51. The molecule has 1 aliphatic rings. The molecule has 0 unspecified atom stereocenters. The number of carbonyl (C=O) groups excluding carboxylic acids is 1. The van der Waals surface area contributed by atoms with Gasteiger partial charge in [0.1, 0.15) is 0 Å². The Kier molecular flexibility index (Phi) is 3.86. The highest BCUT2D eigenvalue weighted by Crippen LogP contribution is 2.20. The molecule has 1 N–H and O–H groups in total. The van der Waals surface area contributed by atoms with E-state index in [1.54, 1.807) is 17.2 Å². The van der Waals surface area contributed by atoms with Crippen molar-refractivity contribution in [2.45, 2.75) is 17.9 Å². The molecule has 2 aromatic heterocycles. The van der Waals surface area contributed by atoms with Crippen LogP contribution in [0.3, 0.4) is 0 Å². The van der Waals surface area contributed by atoms with Gasteiger partial charge in [0.05, 0.1) is 23.6 Å². The molecule has 0 spiro atoms. The molecule has 1 amide bonds. The lowest BCUT2D eigenvalue weighted by atomic mass is 10.1. The van der Waals surface area contributed by atoms with Crippen molar-refractivity contribution in [1.82, 2.24) is 19.5 Å². The minimum atomic E-state index is -0.117. The van der Waals surface area contributed by atoms with E-state index >= 15 is 0 Å². The largest absolute Gasteiger partial charge is 0.337 e. The third kappa shape index (κ3) is 2.71. The van der Waals surface area contributed by atoms with Crippen molar-refractivity contribution in [2.75, 3.05) is 12.3 Å². The van der Waals surface area contributed by atoms with Gasteiger partial charge in [0, 0.05) is 30.1 Å². The van der Waals surface area contributed by atoms with Crippen LogP contribution in [0.4, 0.5) is 0 Å². The highest BCUT2D eigenvalue weighted by Gasteiger charge is 2.25. The number of carbonyl (C=O) groups is 1. The van der Waals surface area contributed by atoms with Crippen molar-refractivity contribution in [3.8, 4) is 0 Å². The minimum absolute atomic E-state index is 0.0467. The lowest BCUT2D eigenvalue weighted by molar-refractivity contribution is -0.129. The molecule has 4 rings (SSSR count). The number of rotatable bonds is 3. The summed E-state index contributed by atoms with van der Waals surface area (Å²) in [7, 11) is 0. The van der Waals surface area contributed by atoms with E-state index in [0.717, 1.165) is 10.6 Å². The second-order valence-corrected chi connectivity index (χ2v) is 6.71. The second kappa shape index (κ2) is 6.16. The van der Waals surface area contributed by atoms with Gasteiger partial charge in [-0.2, -0.15) is 0 Å². The van der Waals surface area contributed by atoms with Gasteiger partial charge in [-0.05, 0) is 12.1 Å². The van der Waals surface area contributed by atoms with E-state index in [1.807, 2.05) is 30.3 Å². The quantitative estimate of drug-likeness (QED) is 0.737. The van der Waals surface area contributed by atoms with Crippen LogP contribution in [0.25, 0.3) is 5.65 Å². The third-order valence-corrected chi connectivity index (χ3v) is 5.15. The molecule has 0 atom stereocenters. The van der Waals surface area contributed by atoms with Gasteiger partial charge >= 0.3 is 0 Å². The predicted octanol–water partition coefficient (Wildman–Crippen LogP) is 1.70. The number of hydrogen-bond donors (Lipinski definition) is 1. The highest BCUT2D eigenvalue weighted by atomic mass is 32.2. The van der Waals surface area contributed by atoms with Crippen LogP contribution in [-0.2, 0) is 17.8 Å². The van der Waals surface area contributed by atoms with Crippen LogP contribution in [0.2, 0.25) is 0 Å². The average Bonchev–Trinajstić information content (AvgIpc) is 3.09. The summed E-state index contributed by atoms with van der Waals surface area (Å²) >= 11 is 1.52. The monoisotopic (exact) mass is 340 g/mol. The maximum Gasteiger partial charge on any atom is 0.277 e. The van der Waals surface area contributed by atoms with Crippen molar-refractivity contribution in [3.63, 3.8) is 0 Å². The first-order valence-electron chi connectivity index (χ1n) is 7.76. The van der Waals surface area contributed by atoms with Crippen LogP contribution in [0.1, 0.15) is 11.3 Å². The zero-order valence-electron chi connectivity index (χ0n) is 12.9. The van der Waals surface area contributed by atoms with Gasteiger partial charge in [-0.1, -0.05) is 18.2 Å². The van der Waals surface area contributed by atoms with Gasteiger partial charge in [0.25, 0.3) is 5.56 Å². The first-order valence-corrected chi connectivity index (χ1v) is 8.74. The molecule has 1 aromatic carbocycles. The van der Waals surface area contributed by atoms with E-state index in [2.05, 4.69) is 10.1 Å². The zero-order valence-corrected chi connectivity index (χ0v) is 13.8. The number of aromatic nitrogens is 3. The van der Waals surface area contributed by atoms with Gasteiger partial charge in [0.15, 0.2) is 5.65 Å². The van der Waals surface area contributed by atoms with Crippen molar-refractivity contribution < 1.29 is 4.79 Å². The molecular weight excluding hydrogens is 324 g/mol. The second-order valence-electron chi connectivity index (χ2n) is 5.67. The summed E-state index contributed by atoms with van der Waals surface area (Å²) in [5.41, 5.74) is 1.92. The first kappa shape index (κ1) is 15.0. The van der Waals surface area contributed by atoms with E-state index in [4.69, 9.17) is 0 Å². The van der Waals surface area contributed by atoms with Gasteiger partial charge < -0.3 is 4.90 Å². The van der Waals surface area contributed by atoms with Gasteiger partial charge in [0.2, 0.25) is 5.91 Å². The SMILES string of the molecule is O=C(CSc1ccccc1)N1CCc2nc3cc[nH]n3c(=O)c2C1. The number of aromatic amines is 1. The Morgan fingerprint density at radius 1 is 1.25 bits per heavy atom. The summed E-state index contributed by atoms with van der Waals surface area (Å²) in [5, 5.41) is 2.86. The molecule has 1 aliphatic heterocycles. The van der Waals surface area contributed by atoms with E-state index in [0.29, 0.717) is 36.5 Å². The van der Waals surface area contributed by atoms with Crippen LogP contribution in [0.5, 0.6) is 0 Å². The number of benzene rings is 1. The maximum atomic E-state index is 12.5. The van der Waals surface area contributed by atoms with Crippen molar-refractivity contribution in [3.05, 3.63) is 64.2 Å². The molecule has 0 radical (unpaired) electrons. The summed E-state index contributed by atoms with van der Waals surface area (Å²) in [4.78, 5) is 32.3. The van der Waals surface area contributed by atoms with Crippen molar-refractivity contribution in [1.29, 1.82) is 0 Å². The molecule has 0 fully saturated rings. The number of hydrogen-bond acceptors (Lipinski definition) is 4. The molecule has 6 nitrogen and oxygen atoms in total. The predicted molar refractivity (Wildman–Crippen MR) is 92.1 cm³/mol. The Hall–Kier alpha value is -2.54. The van der Waals surface area contributed by atoms with Crippen LogP contribution >= 0.6 is 11.8 Å². The van der Waals surface area contributed by atoms with E-state index < -0.39 is 0 Å². The fraction of sp³-hybridized carbons (Fsp3) is 0.235. The number of fused-ring (bicyclic) bond motifs is 2. The van der Waals surface area contributed by atoms with Crippen molar-refractivity contribution >= 4 is 23.3 Å². The normalized spacial score (nSPS) is 13.9. The maximum absolute atomic E-state index is 12.5. The lowest BCUT2D eigenvalue weighted by Crippen LogP contribution is -2.41. The molecule has 0 aliphatic carbocycles. The van der Waals surface area contributed by atoms with E-state index in [-0.39, 0.29) is 11.5 Å². The smallest absolute Gasteiger partial charge is 0.277 e. The fourth-order valence-corrected chi connectivity index (χ4v) is 3.71. The molecule has 3 aromatic rings. The molecule has 0 saturated carbocycles. The standard InChI is InChI=1S/C17H16N4O2S/c22-16(11-24-12-4-2-1-3-5-12)20-9-7-14-13(10-20)17(23)21-15(19-14)6-8-18-21/h1-6,8,18H,7,9-11H2. The Labute approximate surface area is 142 Å². The summed E-state index contributed by atoms with van der Waals surface area (Å²) in [6, 6.07) is 11.6. The third-order valence-electron chi connectivity index (χ3n) is 4.15. The Morgan fingerprint density at radius 3 is 2.92 bits per heavy atom. The highest BCUT2D eigenvalue weighted by molar-refractivity contribution is 8.00. The van der Waals surface area contributed by atoms with Crippen LogP contribution in [0, 0.1) is 0 Å². The number of nitrogens with one attached hydrogen (secondary N) is 1. The molecule has 122 valence electrons. The van der Waals surface area contributed by atoms with E-state index in [9.17, 15) is 9.59 Å². The fourth-order valence-electron chi connectivity index (χ4n) is 2.88. The number of H-pyrrole nitrogens is 1. The molecule has 24 heavy (non-hydrogen) atoms. The average molecular weight is 340 g/mol. The summed E-state index contributed by atoms with van der Waals surface area (Å²) in [5.74, 6) is 0.421. The van der Waals surface area contributed by atoms with Crippen LogP contribution in [0.15, 0.2) is 52.3 Å². The summed E-state index contributed by atoms with van der Waals surface area (Å²) in [6.07, 6.45) is 2.31. The Bertz CT molecular complexity index is 948. The van der Waals surface area contributed by atoms with Gasteiger partial charge in [-0.25, -0.2) is 9.50 Å². The molecule has 0 saturated heterocycles.